The number of hydrogen-bond acceptors (Lipinski definition) is 2. The number of amides is 1. The van der Waals surface area contributed by atoms with Crippen molar-refractivity contribution >= 4 is 58.0 Å². The molecule has 1 aliphatic heterocycles. The van der Waals surface area contributed by atoms with Gasteiger partial charge in [-0.15, -0.1) is 0 Å². The highest BCUT2D eigenvalue weighted by Crippen LogP contribution is 2.35. The molecule has 1 N–H and O–H groups in total. The van der Waals surface area contributed by atoms with Crippen LogP contribution in [0.15, 0.2) is 35.1 Å². The first-order valence-electron chi connectivity index (χ1n) is 9.03. The van der Waals surface area contributed by atoms with Gasteiger partial charge in [-0.1, -0.05) is 52.5 Å². The highest BCUT2D eigenvalue weighted by Gasteiger charge is 2.25. The van der Waals surface area contributed by atoms with Crippen LogP contribution in [0.2, 0.25) is 20.2 Å². The summed E-state index contributed by atoms with van der Waals surface area (Å²) in [7, 11) is 0. The Bertz CT molecular complexity index is 1220. The van der Waals surface area contributed by atoms with Gasteiger partial charge in [0.2, 0.25) is 0 Å². The number of halogens is 5. The van der Waals surface area contributed by atoms with Gasteiger partial charge in [-0.2, -0.15) is 0 Å². The maximum atomic E-state index is 14.8. The Morgan fingerprint density at radius 3 is 2.23 bits per heavy atom. The van der Waals surface area contributed by atoms with Gasteiger partial charge in [-0.3, -0.25) is 14.3 Å². The molecule has 1 amide bonds. The lowest BCUT2D eigenvalue weighted by molar-refractivity contribution is 0.102. The van der Waals surface area contributed by atoms with Crippen molar-refractivity contribution in [3.8, 4) is 11.1 Å². The fourth-order valence-corrected chi connectivity index (χ4v) is 4.61. The molecule has 0 atom stereocenters. The zero-order chi connectivity index (χ0) is 21.6. The molecule has 156 valence electrons. The van der Waals surface area contributed by atoms with E-state index in [0.717, 1.165) is 18.9 Å². The highest BCUT2D eigenvalue weighted by atomic mass is 35.5. The first kappa shape index (κ1) is 21.2. The van der Waals surface area contributed by atoms with Gasteiger partial charge in [0.1, 0.15) is 11.0 Å². The van der Waals surface area contributed by atoms with Crippen molar-refractivity contribution in [1.29, 1.82) is 0 Å². The Balaban J connectivity index is 1.79. The summed E-state index contributed by atoms with van der Waals surface area (Å²) in [6, 6.07) is 6.96. The third-order valence-electron chi connectivity index (χ3n) is 4.93. The second-order valence-electron chi connectivity index (χ2n) is 6.79. The van der Waals surface area contributed by atoms with Crippen LogP contribution in [0.1, 0.15) is 23.2 Å². The average Bonchev–Trinajstić information content (AvgIpc) is 2.95. The fraction of sp³-hybridized carbons (Fsp3) is 0.200. The standard InChI is InChI=1S/C20H14Cl4FN3O2/c21-11-4-3-5-12(22)17(11)19(29)26-15-8-10(14(25)9-13(15)23)16-18(24)27-6-1-2-7-28(27)20(16)30/h3-5,8-9H,1-2,6-7H2,(H,26,29). The summed E-state index contributed by atoms with van der Waals surface area (Å²) in [5.41, 5.74) is -0.269. The molecule has 0 unspecified atom stereocenters. The van der Waals surface area contributed by atoms with Crippen LogP contribution in [0.5, 0.6) is 0 Å². The molecule has 5 nitrogen and oxygen atoms in total. The van der Waals surface area contributed by atoms with Gasteiger partial charge in [0.25, 0.3) is 11.5 Å². The molecule has 2 heterocycles. The van der Waals surface area contributed by atoms with Crippen molar-refractivity contribution in [2.75, 3.05) is 5.32 Å². The Morgan fingerprint density at radius 2 is 1.60 bits per heavy atom. The number of nitrogens with one attached hydrogen (secondary N) is 1. The third-order valence-corrected chi connectivity index (χ3v) is 6.25. The summed E-state index contributed by atoms with van der Waals surface area (Å²) in [5.74, 6) is -1.35. The Labute approximate surface area is 190 Å². The largest absolute Gasteiger partial charge is 0.321 e. The number of aromatic nitrogens is 2. The van der Waals surface area contributed by atoms with Gasteiger partial charge in [0.15, 0.2) is 0 Å². The molecular formula is C20H14Cl4FN3O2. The molecule has 4 rings (SSSR count). The molecule has 0 fully saturated rings. The molecule has 10 heteroatoms. The number of carbonyl (C=O) groups is 1. The fourth-order valence-electron chi connectivity index (χ4n) is 3.49. The lowest BCUT2D eigenvalue weighted by atomic mass is 10.1. The van der Waals surface area contributed by atoms with Gasteiger partial charge in [-0.05, 0) is 37.1 Å². The van der Waals surface area contributed by atoms with Crippen molar-refractivity contribution in [1.82, 2.24) is 9.36 Å². The predicted octanol–water partition coefficient (Wildman–Crippen LogP) is 6.12. The summed E-state index contributed by atoms with van der Waals surface area (Å²) >= 11 is 24.7. The smallest absolute Gasteiger partial charge is 0.276 e. The maximum Gasteiger partial charge on any atom is 0.276 e. The lowest BCUT2D eigenvalue weighted by Gasteiger charge is -2.17. The Kier molecular flexibility index (Phi) is 5.86. The van der Waals surface area contributed by atoms with Crippen LogP contribution in [0, 0.1) is 5.82 Å². The normalized spacial score (nSPS) is 13.2. The molecule has 30 heavy (non-hydrogen) atoms. The molecule has 3 aromatic rings. The van der Waals surface area contributed by atoms with E-state index in [1.165, 1.54) is 22.9 Å². The summed E-state index contributed by atoms with van der Waals surface area (Å²) in [6.07, 6.45) is 1.71. The second kappa shape index (κ2) is 8.27. The minimum Gasteiger partial charge on any atom is -0.321 e. The van der Waals surface area contributed by atoms with Crippen molar-refractivity contribution in [3.05, 3.63) is 72.3 Å². The van der Waals surface area contributed by atoms with Gasteiger partial charge in [0, 0.05) is 18.7 Å². The van der Waals surface area contributed by atoms with Crippen molar-refractivity contribution in [2.45, 2.75) is 25.9 Å². The van der Waals surface area contributed by atoms with Crippen molar-refractivity contribution in [2.24, 2.45) is 0 Å². The van der Waals surface area contributed by atoms with E-state index in [9.17, 15) is 14.0 Å². The molecule has 2 aromatic carbocycles. The van der Waals surface area contributed by atoms with E-state index in [4.69, 9.17) is 46.4 Å². The number of benzene rings is 2. The van der Waals surface area contributed by atoms with Crippen LogP contribution in [-0.2, 0) is 13.1 Å². The summed E-state index contributed by atoms with van der Waals surface area (Å²) in [6.45, 7) is 1.07. The van der Waals surface area contributed by atoms with Gasteiger partial charge >= 0.3 is 0 Å². The highest BCUT2D eigenvalue weighted by molar-refractivity contribution is 6.41. The molecule has 0 saturated heterocycles. The first-order valence-corrected chi connectivity index (χ1v) is 10.5. The number of rotatable bonds is 3. The SMILES string of the molecule is O=C(Nc1cc(-c2c(Cl)n3n(c2=O)CCCC3)c(F)cc1Cl)c1c(Cl)cccc1Cl. The molecule has 0 radical (unpaired) electrons. The zero-order valence-corrected chi connectivity index (χ0v) is 18.3. The van der Waals surface area contributed by atoms with Crippen molar-refractivity contribution < 1.29 is 9.18 Å². The van der Waals surface area contributed by atoms with Gasteiger partial charge < -0.3 is 5.32 Å². The topological polar surface area (TPSA) is 56.0 Å². The van der Waals surface area contributed by atoms with Gasteiger partial charge in [0.05, 0.1) is 31.9 Å². The van der Waals surface area contributed by atoms with Crippen LogP contribution in [0.25, 0.3) is 11.1 Å². The molecule has 0 bridgehead atoms. The molecule has 0 saturated carbocycles. The molecule has 0 spiro atoms. The van der Waals surface area contributed by atoms with E-state index in [1.807, 2.05) is 0 Å². The van der Waals surface area contributed by atoms with Crippen LogP contribution < -0.4 is 10.9 Å². The maximum absolute atomic E-state index is 14.8. The Hall–Kier alpha value is -1.99. The van der Waals surface area contributed by atoms with E-state index in [0.29, 0.717) is 13.1 Å². The van der Waals surface area contributed by atoms with Gasteiger partial charge in [-0.25, -0.2) is 9.07 Å². The Morgan fingerprint density at radius 1 is 0.967 bits per heavy atom. The minimum atomic E-state index is -0.726. The number of nitrogens with zero attached hydrogens (tertiary/aromatic N) is 2. The van der Waals surface area contributed by atoms with Crippen molar-refractivity contribution in [3.63, 3.8) is 0 Å². The van der Waals surface area contributed by atoms with Crippen LogP contribution >= 0.6 is 46.4 Å². The molecular weight excluding hydrogens is 475 g/mol. The van der Waals surface area contributed by atoms with E-state index >= 15 is 0 Å². The third kappa shape index (κ3) is 3.62. The lowest BCUT2D eigenvalue weighted by Crippen LogP contribution is -2.27. The second-order valence-corrected chi connectivity index (χ2v) is 8.37. The van der Waals surface area contributed by atoms with E-state index < -0.39 is 17.3 Å². The van der Waals surface area contributed by atoms with E-state index in [1.54, 1.807) is 10.7 Å². The summed E-state index contributed by atoms with van der Waals surface area (Å²) in [4.78, 5) is 25.6. The van der Waals surface area contributed by atoms with Crippen LogP contribution in [0.4, 0.5) is 10.1 Å². The quantitative estimate of drug-likeness (QED) is 0.483. The average molecular weight is 489 g/mol. The monoisotopic (exact) mass is 487 g/mol. The van der Waals surface area contributed by atoms with Crippen LogP contribution in [0.3, 0.4) is 0 Å². The summed E-state index contributed by atoms with van der Waals surface area (Å²) < 4.78 is 17.9. The summed E-state index contributed by atoms with van der Waals surface area (Å²) in [5, 5.41) is 2.98. The number of carbonyl (C=O) groups excluding carboxylic acids is 1. The first-order chi connectivity index (χ1) is 14.3. The number of fused-ring (bicyclic) bond motifs is 1. The molecule has 1 aromatic heterocycles. The number of hydrogen-bond donors (Lipinski definition) is 1. The zero-order valence-electron chi connectivity index (χ0n) is 15.3. The minimum absolute atomic E-state index is 0.0269. The predicted molar refractivity (Wildman–Crippen MR) is 118 cm³/mol. The molecule has 0 aliphatic carbocycles. The molecule has 1 aliphatic rings. The number of anilines is 1. The van der Waals surface area contributed by atoms with Crippen LogP contribution in [-0.4, -0.2) is 15.3 Å². The van der Waals surface area contributed by atoms with E-state index in [2.05, 4.69) is 5.32 Å². The van der Waals surface area contributed by atoms with E-state index in [-0.39, 0.29) is 42.6 Å².